The predicted octanol–water partition coefficient (Wildman–Crippen LogP) is 3.50. The number of carbonyl (C=O) groups excluding carboxylic acids is 1. The number of nitrogens with two attached hydrogens (primary N) is 1. The van der Waals surface area contributed by atoms with E-state index in [0.29, 0.717) is 22.6 Å². The highest BCUT2D eigenvalue weighted by Crippen LogP contribution is 2.22. The lowest BCUT2D eigenvalue weighted by molar-refractivity contribution is 0.0993. The number of ketones is 1. The van der Waals surface area contributed by atoms with Gasteiger partial charge in [0.25, 0.3) is 0 Å². The van der Waals surface area contributed by atoms with Crippen molar-refractivity contribution in [2.45, 2.75) is 6.42 Å². The maximum Gasteiger partial charge on any atom is 0.169 e. The van der Waals surface area contributed by atoms with Crippen molar-refractivity contribution in [3.05, 3.63) is 58.4 Å². The zero-order valence-corrected chi connectivity index (χ0v) is 11.6. The van der Waals surface area contributed by atoms with E-state index in [1.165, 1.54) is 25.3 Å². The second-order valence-corrected chi connectivity index (χ2v) is 4.71. The molecule has 0 aliphatic heterocycles. The van der Waals surface area contributed by atoms with Gasteiger partial charge in [-0.3, -0.25) is 4.79 Å². The molecular weight excluding hydrogens is 281 g/mol. The van der Waals surface area contributed by atoms with Crippen LogP contribution < -0.4 is 10.5 Å². The summed E-state index contributed by atoms with van der Waals surface area (Å²) in [6.45, 7) is 0. The second kappa shape index (κ2) is 5.92. The summed E-state index contributed by atoms with van der Waals surface area (Å²) in [5.74, 6) is -0.132. The molecule has 2 rings (SSSR count). The minimum Gasteiger partial charge on any atom is -0.497 e. The van der Waals surface area contributed by atoms with E-state index in [1.807, 2.05) is 0 Å². The van der Waals surface area contributed by atoms with Gasteiger partial charge in [0.2, 0.25) is 0 Å². The highest BCUT2D eigenvalue weighted by atomic mass is 35.5. The number of ether oxygens (including phenoxy) is 1. The number of halogens is 2. The van der Waals surface area contributed by atoms with Crippen LogP contribution in [0.4, 0.5) is 10.1 Å². The topological polar surface area (TPSA) is 52.3 Å². The molecule has 0 spiro atoms. The molecule has 0 aromatic heterocycles. The van der Waals surface area contributed by atoms with E-state index in [1.54, 1.807) is 18.2 Å². The number of Topliss-reactive ketones (excluding diaryl/α,β-unsaturated/α-hetero) is 1. The van der Waals surface area contributed by atoms with Crippen LogP contribution in [0.1, 0.15) is 15.9 Å². The van der Waals surface area contributed by atoms with Crippen molar-refractivity contribution in [1.82, 2.24) is 0 Å². The van der Waals surface area contributed by atoms with Crippen molar-refractivity contribution in [1.29, 1.82) is 0 Å². The van der Waals surface area contributed by atoms with Crippen molar-refractivity contribution in [3.63, 3.8) is 0 Å². The molecule has 5 heteroatoms. The van der Waals surface area contributed by atoms with Gasteiger partial charge in [0, 0.05) is 17.7 Å². The number of hydrogen-bond acceptors (Lipinski definition) is 3. The second-order valence-electron chi connectivity index (χ2n) is 4.30. The number of rotatable bonds is 4. The van der Waals surface area contributed by atoms with E-state index < -0.39 is 5.82 Å². The lowest BCUT2D eigenvalue weighted by Gasteiger charge is -2.08. The highest BCUT2D eigenvalue weighted by Gasteiger charge is 2.13. The molecule has 20 heavy (non-hydrogen) atoms. The molecule has 0 saturated heterocycles. The predicted molar refractivity (Wildman–Crippen MR) is 76.9 cm³/mol. The van der Waals surface area contributed by atoms with E-state index >= 15 is 0 Å². The number of hydrogen-bond donors (Lipinski definition) is 1. The first-order chi connectivity index (χ1) is 9.51. The fraction of sp³-hybridized carbons (Fsp3) is 0.133. The summed E-state index contributed by atoms with van der Waals surface area (Å²) >= 11 is 5.69. The van der Waals surface area contributed by atoms with E-state index in [-0.39, 0.29) is 17.2 Å². The van der Waals surface area contributed by atoms with Gasteiger partial charge in [0.15, 0.2) is 5.78 Å². The van der Waals surface area contributed by atoms with Crippen molar-refractivity contribution < 1.29 is 13.9 Å². The molecule has 0 bridgehead atoms. The molecule has 0 unspecified atom stereocenters. The molecule has 2 aromatic rings. The van der Waals surface area contributed by atoms with Gasteiger partial charge in [-0.15, -0.1) is 0 Å². The Hall–Kier alpha value is -2.07. The van der Waals surface area contributed by atoms with E-state index in [9.17, 15) is 9.18 Å². The Morgan fingerprint density at radius 1 is 1.30 bits per heavy atom. The summed E-state index contributed by atoms with van der Waals surface area (Å²) in [7, 11) is 1.51. The Morgan fingerprint density at radius 3 is 2.70 bits per heavy atom. The van der Waals surface area contributed by atoms with Crippen molar-refractivity contribution >= 4 is 23.1 Å². The largest absolute Gasteiger partial charge is 0.497 e. The molecule has 3 nitrogen and oxygen atoms in total. The number of carbonyl (C=O) groups is 1. The molecule has 0 amide bonds. The lowest BCUT2D eigenvalue weighted by Crippen LogP contribution is -2.07. The molecule has 0 aliphatic carbocycles. The summed E-state index contributed by atoms with van der Waals surface area (Å²) < 4.78 is 18.1. The van der Waals surface area contributed by atoms with Crippen LogP contribution >= 0.6 is 11.6 Å². The summed E-state index contributed by atoms with van der Waals surface area (Å²) in [5.41, 5.74) is 7.18. The molecular formula is C15H13ClFNO2. The number of methoxy groups -OCH3 is 1. The van der Waals surface area contributed by atoms with Gasteiger partial charge in [-0.2, -0.15) is 0 Å². The fourth-order valence-electron chi connectivity index (χ4n) is 1.83. The van der Waals surface area contributed by atoms with Crippen LogP contribution in [-0.4, -0.2) is 12.9 Å². The van der Waals surface area contributed by atoms with Crippen LogP contribution in [0.2, 0.25) is 5.02 Å². The van der Waals surface area contributed by atoms with E-state index in [2.05, 4.69) is 0 Å². The van der Waals surface area contributed by atoms with Crippen molar-refractivity contribution in [3.8, 4) is 5.75 Å². The smallest absolute Gasteiger partial charge is 0.169 e. The SMILES string of the molecule is COc1ccc(N)c(C(=O)Cc2ccc(F)c(Cl)c2)c1. The van der Waals surface area contributed by atoms with Crippen molar-refractivity contribution in [2.24, 2.45) is 0 Å². The molecule has 104 valence electrons. The standard InChI is InChI=1S/C15H13ClFNO2/c1-20-10-3-5-14(18)11(8-10)15(19)7-9-2-4-13(17)12(16)6-9/h2-6,8H,7,18H2,1H3. The quantitative estimate of drug-likeness (QED) is 0.693. The van der Waals surface area contributed by atoms with E-state index in [0.717, 1.165) is 0 Å². The minimum atomic E-state index is -0.510. The Labute approximate surface area is 121 Å². The van der Waals surface area contributed by atoms with Crippen LogP contribution in [0, 0.1) is 5.82 Å². The fourth-order valence-corrected chi connectivity index (χ4v) is 2.04. The molecule has 0 fully saturated rings. The van der Waals surface area contributed by atoms with Crippen LogP contribution in [0.15, 0.2) is 36.4 Å². The summed E-state index contributed by atoms with van der Waals surface area (Å²) in [6, 6.07) is 9.08. The number of anilines is 1. The van der Waals surface area contributed by atoms with Gasteiger partial charge < -0.3 is 10.5 Å². The first-order valence-corrected chi connectivity index (χ1v) is 6.29. The van der Waals surface area contributed by atoms with Gasteiger partial charge in [0.1, 0.15) is 11.6 Å². The normalized spacial score (nSPS) is 10.3. The van der Waals surface area contributed by atoms with Crippen LogP contribution in [-0.2, 0) is 6.42 Å². The first kappa shape index (κ1) is 14.3. The molecule has 0 aliphatic rings. The van der Waals surface area contributed by atoms with Crippen molar-refractivity contribution in [2.75, 3.05) is 12.8 Å². The van der Waals surface area contributed by atoms with Gasteiger partial charge in [-0.25, -0.2) is 4.39 Å². The lowest BCUT2D eigenvalue weighted by atomic mass is 10.0. The van der Waals surface area contributed by atoms with Gasteiger partial charge in [0.05, 0.1) is 12.1 Å². The van der Waals surface area contributed by atoms with Crippen LogP contribution in [0.25, 0.3) is 0 Å². The van der Waals surface area contributed by atoms with Gasteiger partial charge >= 0.3 is 0 Å². The van der Waals surface area contributed by atoms with Crippen LogP contribution in [0.3, 0.4) is 0 Å². The minimum absolute atomic E-state index is 0.00564. The average molecular weight is 294 g/mol. The van der Waals surface area contributed by atoms with Gasteiger partial charge in [-0.05, 0) is 35.9 Å². The first-order valence-electron chi connectivity index (χ1n) is 5.92. The summed E-state index contributed by atoms with van der Waals surface area (Å²) in [6.07, 6.45) is 0.0946. The Morgan fingerprint density at radius 2 is 2.05 bits per heavy atom. The van der Waals surface area contributed by atoms with Crippen LogP contribution in [0.5, 0.6) is 5.75 Å². The Balaban J connectivity index is 2.25. The average Bonchev–Trinajstić information content (AvgIpc) is 2.43. The summed E-state index contributed by atoms with van der Waals surface area (Å²) in [5, 5.41) is -0.00564. The highest BCUT2D eigenvalue weighted by molar-refractivity contribution is 6.30. The number of benzene rings is 2. The van der Waals surface area contributed by atoms with E-state index in [4.69, 9.17) is 22.1 Å². The molecule has 0 radical (unpaired) electrons. The van der Waals surface area contributed by atoms with Gasteiger partial charge in [-0.1, -0.05) is 17.7 Å². The number of nitrogen functional groups attached to an aromatic ring is 1. The molecule has 0 saturated carbocycles. The maximum absolute atomic E-state index is 13.1. The molecule has 0 heterocycles. The zero-order chi connectivity index (χ0) is 14.7. The Bertz CT molecular complexity index is 658. The molecule has 0 atom stereocenters. The molecule has 2 N–H and O–H groups in total. The third-order valence-corrected chi connectivity index (χ3v) is 3.20. The zero-order valence-electron chi connectivity index (χ0n) is 10.8. The third-order valence-electron chi connectivity index (χ3n) is 2.91. The summed E-state index contributed by atoms with van der Waals surface area (Å²) in [4.78, 5) is 12.2. The Kier molecular flexibility index (Phi) is 4.25. The maximum atomic E-state index is 13.1. The third kappa shape index (κ3) is 3.08. The molecule has 2 aromatic carbocycles. The monoisotopic (exact) mass is 293 g/mol.